The topological polar surface area (TPSA) is 37.3 Å². The maximum Gasteiger partial charge on any atom is 0.147 e. The third-order valence-corrected chi connectivity index (χ3v) is 7.68. The van der Waals surface area contributed by atoms with Gasteiger partial charge in [0.15, 0.2) is 0 Å². The maximum absolute atomic E-state index is 12.3. The normalized spacial score (nSPS) is 28.3. The number of rotatable bonds is 3. The summed E-state index contributed by atoms with van der Waals surface area (Å²) < 4.78 is 11.7. The molecule has 0 saturated carbocycles. The summed E-state index contributed by atoms with van der Waals surface area (Å²) in [7, 11) is -1.03. The van der Waals surface area contributed by atoms with E-state index in [0.29, 0.717) is 17.2 Å². The van der Waals surface area contributed by atoms with Gasteiger partial charge in [0, 0.05) is 21.6 Å². The minimum absolute atomic E-state index is 0.195. The van der Waals surface area contributed by atoms with Gasteiger partial charge >= 0.3 is 0 Å². The SMILES string of the molecule is CC[C@@]1(/C(O)=C/c2cccc(Cl)c2)SCCC[S@]1=O. The minimum atomic E-state index is -1.03. The summed E-state index contributed by atoms with van der Waals surface area (Å²) in [4.78, 5) is 0. The Morgan fingerprint density at radius 2 is 2.42 bits per heavy atom. The molecule has 2 atom stereocenters. The largest absolute Gasteiger partial charge is 0.510 e. The fraction of sp³-hybridized carbons (Fsp3) is 0.429. The molecule has 1 aromatic rings. The van der Waals surface area contributed by atoms with Gasteiger partial charge in [-0.2, -0.15) is 0 Å². The molecule has 0 aliphatic carbocycles. The average Bonchev–Trinajstić information content (AvgIpc) is 2.39. The Bertz CT molecular complexity index is 516. The van der Waals surface area contributed by atoms with Gasteiger partial charge in [-0.3, -0.25) is 4.21 Å². The zero-order valence-corrected chi connectivity index (χ0v) is 13.2. The highest BCUT2D eigenvalue weighted by Crippen LogP contribution is 2.43. The molecule has 0 radical (unpaired) electrons. The lowest BCUT2D eigenvalue weighted by Crippen LogP contribution is -2.37. The first-order chi connectivity index (χ1) is 9.08. The number of halogens is 1. The van der Waals surface area contributed by atoms with Crippen molar-refractivity contribution in [3.8, 4) is 0 Å². The van der Waals surface area contributed by atoms with Gasteiger partial charge in [0.2, 0.25) is 0 Å². The number of aliphatic hydroxyl groups excluding tert-OH is 1. The van der Waals surface area contributed by atoms with E-state index < -0.39 is 14.9 Å². The monoisotopic (exact) mass is 316 g/mol. The van der Waals surface area contributed by atoms with Crippen LogP contribution in [-0.4, -0.2) is 24.9 Å². The van der Waals surface area contributed by atoms with E-state index in [1.54, 1.807) is 30.0 Å². The second kappa shape index (κ2) is 6.33. The molecule has 104 valence electrons. The lowest BCUT2D eigenvalue weighted by molar-refractivity contribution is 0.384. The van der Waals surface area contributed by atoms with Crippen molar-refractivity contribution in [3.63, 3.8) is 0 Å². The van der Waals surface area contributed by atoms with Crippen LogP contribution in [-0.2, 0) is 10.8 Å². The van der Waals surface area contributed by atoms with Gasteiger partial charge in [-0.25, -0.2) is 0 Å². The van der Waals surface area contributed by atoms with Gasteiger partial charge in [0.25, 0.3) is 0 Å². The molecule has 1 heterocycles. The quantitative estimate of drug-likeness (QED) is 0.848. The minimum Gasteiger partial charge on any atom is -0.510 e. The molecule has 1 aliphatic rings. The highest BCUT2D eigenvalue weighted by molar-refractivity contribution is 8.13. The van der Waals surface area contributed by atoms with Gasteiger partial charge in [0.1, 0.15) is 9.84 Å². The number of hydrogen-bond acceptors (Lipinski definition) is 3. The van der Waals surface area contributed by atoms with Crippen LogP contribution in [0.2, 0.25) is 5.02 Å². The summed E-state index contributed by atoms with van der Waals surface area (Å²) in [6, 6.07) is 7.30. The summed E-state index contributed by atoms with van der Waals surface area (Å²) in [5.74, 6) is 1.79. The maximum atomic E-state index is 12.3. The number of benzene rings is 1. The van der Waals surface area contributed by atoms with Gasteiger partial charge in [-0.15, -0.1) is 11.8 Å². The van der Waals surface area contributed by atoms with Crippen LogP contribution in [0.15, 0.2) is 30.0 Å². The number of aliphatic hydroxyl groups is 1. The third kappa shape index (κ3) is 3.18. The fourth-order valence-corrected chi connectivity index (χ4v) is 5.94. The highest BCUT2D eigenvalue weighted by atomic mass is 35.5. The van der Waals surface area contributed by atoms with E-state index >= 15 is 0 Å². The molecule has 0 bridgehead atoms. The van der Waals surface area contributed by atoms with Crippen molar-refractivity contribution < 1.29 is 9.32 Å². The standard InChI is InChI=1S/C14H17ClO2S2/c1-2-14(18-7-4-8-19(14)17)13(16)10-11-5-3-6-12(15)9-11/h3,5-6,9-10,16H,2,4,7-8H2,1H3/b13-10-/t14-,19-/m1/s1. The first-order valence-electron chi connectivity index (χ1n) is 6.27. The predicted octanol–water partition coefficient (Wildman–Crippen LogP) is 4.23. The van der Waals surface area contributed by atoms with E-state index in [4.69, 9.17) is 11.6 Å². The molecule has 1 N–H and O–H groups in total. The zero-order valence-electron chi connectivity index (χ0n) is 10.8. The molecule has 0 aromatic heterocycles. The molecule has 19 heavy (non-hydrogen) atoms. The van der Waals surface area contributed by atoms with Crippen LogP contribution in [0, 0.1) is 0 Å². The predicted molar refractivity (Wildman–Crippen MR) is 85.2 cm³/mol. The van der Waals surface area contributed by atoms with Crippen molar-refractivity contribution in [3.05, 3.63) is 40.6 Å². The summed E-state index contributed by atoms with van der Waals surface area (Å²) >= 11 is 7.53. The second-order valence-corrected chi connectivity index (χ2v) is 8.33. The van der Waals surface area contributed by atoms with Crippen LogP contribution in [0.25, 0.3) is 6.08 Å². The Labute approximate surface area is 125 Å². The van der Waals surface area contributed by atoms with Crippen molar-refractivity contribution in [2.75, 3.05) is 11.5 Å². The Balaban J connectivity index is 2.35. The smallest absolute Gasteiger partial charge is 0.147 e. The van der Waals surface area contributed by atoms with Gasteiger partial charge in [-0.1, -0.05) is 30.7 Å². The number of hydrogen-bond donors (Lipinski definition) is 1. The molecule has 1 fully saturated rings. The Kier molecular flexibility index (Phi) is 4.98. The molecule has 2 nitrogen and oxygen atoms in total. The van der Waals surface area contributed by atoms with E-state index in [0.717, 1.165) is 17.7 Å². The molecule has 2 rings (SSSR count). The molecule has 0 unspecified atom stereocenters. The van der Waals surface area contributed by atoms with E-state index in [-0.39, 0.29) is 5.76 Å². The van der Waals surface area contributed by atoms with Crippen LogP contribution in [0.1, 0.15) is 25.3 Å². The molecular weight excluding hydrogens is 300 g/mol. The molecule has 0 spiro atoms. The summed E-state index contributed by atoms with van der Waals surface area (Å²) in [5.41, 5.74) is 0.834. The molecule has 1 aromatic carbocycles. The van der Waals surface area contributed by atoms with Crippen LogP contribution >= 0.6 is 23.4 Å². The molecule has 1 aliphatic heterocycles. The second-order valence-electron chi connectivity index (χ2n) is 4.44. The van der Waals surface area contributed by atoms with Crippen molar-refractivity contribution in [2.24, 2.45) is 0 Å². The lowest BCUT2D eigenvalue weighted by Gasteiger charge is -2.34. The van der Waals surface area contributed by atoms with Crippen molar-refractivity contribution in [1.29, 1.82) is 0 Å². The van der Waals surface area contributed by atoms with E-state index in [9.17, 15) is 9.32 Å². The Morgan fingerprint density at radius 1 is 1.63 bits per heavy atom. The summed E-state index contributed by atoms with van der Waals surface area (Å²) in [5, 5.41) is 11.1. The summed E-state index contributed by atoms with van der Waals surface area (Å²) in [6.45, 7) is 1.97. The molecule has 1 saturated heterocycles. The lowest BCUT2D eigenvalue weighted by atomic mass is 10.1. The van der Waals surface area contributed by atoms with Gasteiger partial charge in [0.05, 0.1) is 0 Å². The highest BCUT2D eigenvalue weighted by Gasteiger charge is 2.42. The van der Waals surface area contributed by atoms with Crippen LogP contribution < -0.4 is 0 Å². The Morgan fingerprint density at radius 3 is 3.05 bits per heavy atom. The van der Waals surface area contributed by atoms with E-state index in [1.807, 2.05) is 19.1 Å². The first-order valence-corrected chi connectivity index (χ1v) is 8.96. The van der Waals surface area contributed by atoms with Gasteiger partial charge in [-0.05, 0) is 42.4 Å². The van der Waals surface area contributed by atoms with E-state index in [2.05, 4.69) is 0 Å². The summed E-state index contributed by atoms with van der Waals surface area (Å²) in [6.07, 6.45) is 3.29. The number of thioether (sulfide) groups is 1. The first kappa shape index (κ1) is 14.9. The van der Waals surface area contributed by atoms with Crippen molar-refractivity contribution in [2.45, 2.75) is 23.8 Å². The van der Waals surface area contributed by atoms with Crippen LogP contribution in [0.3, 0.4) is 0 Å². The van der Waals surface area contributed by atoms with Crippen molar-refractivity contribution in [1.82, 2.24) is 0 Å². The average molecular weight is 317 g/mol. The molecular formula is C14H17ClO2S2. The molecule has 0 amide bonds. The zero-order chi connectivity index (χ0) is 13.9. The fourth-order valence-electron chi connectivity index (χ4n) is 2.16. The van der Waals surface area contributed by atoms with E-state index in [1.165, 1.54) is 0 Å². The Hall–Kier alpha value is -0.450. The van der Waals surface area contributed by atoms with Gasteiger partial charge < -0.3 is 5.11 Å². The van der Waals surface area contributed by atoms with Crippen LogP contribution in [0.4, 0.5) is 0 Å². The molecule has 5 heteroatoms. The van der Waals surface area contributed by atoms with Crippen LogP contribution in [0.5, 0.6) is 0 Å². The third-order valence-electron chi connectivity index (χ3n) is 3.18. The van der Waals surface area contributed by atoms with Crippen molar-refractivity contribution >= 4 is 40.2 Å².